The number of nitrogens with zero attached hydrogens (tertiary/aromatic N) is 2. The Bertz CT molecular complexity index is 325. The largest absolute Gasteiger partial charge is 0.385 e. The first-order chi connectivity index (χ1) is 10.0. The van der Waals surface area contributed by atoms with E-state index < -0.39 is 0 Å². The molecule has 0 aromatic heterocycles. The van der Waals surface area contributed by atoms with Crippen molar-refractivity contribution < 1.29 is 4.74 Å². The summed E-state index contributed by atoms with van der Waals surface area (Å²) in [7, 11) is 7.97. The highest BCUT2D eigenvalue weighted by Crippen LogP contribution is 2.35. The molecule has 1 rings (SSSR count). The number of likely N-dealkylation sites (N-methyl/N-ethyl adjacent to an activating group) is 1. The molecule has 1 aliphatic carbocycles. The van der Waals surface area contributed by atoms with E-state index in [1.165, 1.54) is 25.7 Å². The Morgan fingerprint density at radius 2 is 2.09 bits per heavy atom. The second-order valence-corrected chi connectivity index (χ2v) is 6.52. The van der Waals surface area contributed by atoms with Crippen molar-refractivity contribution in [2.75, 3.05) is 47.9 Å². The van der Waals surface area contributed by atoms with Gasteiger partial charge in [-0.3, -0.25) is 4.99 Å². The summed E-state index contributed by atoms with van der Waals surface area (Å²) in [5.74, 6) is 1.70. The van der Waals surface area contributed by atoms with Crippen molar-refractivity contribution in [3.63, 3.8) is 0 Å². The van der Waals surface area contributed by atoms with Gasteiger partial charge in [0.1, 0.15) is 0 Å². The van der Waals surface area contributed by atoms with Gasteiger partial charge >= 0.3 is 0 Å². The second-order valence-electron chi connectivity index (χ2n) is 6.52. The van der Waals surface area contributed by atoms with Crippen molar-refractivity contribution in [3.05, 3.63) is 0 Å². The highest BCUT2D eigenvalue weighted by molar-refractivity contribution is 14.0. The fourth-order valence-corrected chi connectivity index (χ4v) is 3.25. The van der Waals surface area contributed by atoms with Gasteiger partial charge in [0.05, 0.1) is 0 Å². The number of nitrogens with one attached hydrogen (secondary N) is 2. The molecule has 132 valence electrons. The normalized spacial score (nSPS) is 25.7. The predicted molar refractivity (Wildman–Crippen MR) is 105 cm³/mol. The van der Waals surface area contributed by atoms with Crippen molar-refractivity contribution in [3.8, 4) is 0 Å². The highest BCUT2D eigenvalue weighted by atomic mass is 127. The van der Waals surface area contributed by atoms with E-state index in [9.17, 15) is 0 Å². The molecule has 0 heterocycles. The van der Waals surface area contributed by atoms with Gasteiger partial charge in [0.25, 0.3) is 0 Å². The molecule has 0 spiro atoms. The molecule has 1 aliphatic rings. The van der Waals surface area contributed by atoms with E-state index in [0.29, 0.717) is 0 Å². The van der Waals surface area contributed by atoms with Crippen molar-refractivity contribution in [1.82, 2.24) is 15.5 Å². The van der Waals surface area contributed by atoms with Crippen molar-refractivity contribution in [1.29, 1.82) is 0 Å². The summed E-state index contributed by atoms with van der Waals surface area (Å²) >= 11 is 0. The van der Waals surface area contributed by atoms with E-state index in [2.05, 4.69) is 41.5 Å². The standard InChI is InChI=1S/C16H34N4O.HI/c1-14-8-6-9-16(12-14,20(3)4)13-19-15(17-2)18-10-7-11-21-5;/h14H,6-13H2,1-5H3,(H2,17,18,19);1H. The van der Waals surface area contributed by atoms with E-state index in [1.54, 1.807) is 7.11 Å². The molecular weight excluding hydrogens is 391 g/mol. The number of hydrogen-bond donors (Lipinski definition) is 2. The molecule has 5 nitrogen and oxygen atoms in total. The fraction of sp³-hybridized carbons (Fsp3) is 0.938. The van der Waals surface area contributed by atoms with Crippen LogP contribution < -0.4 is 10.6 Å². The molecule has 6 heteroatoms. The molecule has 2 unspecified atom stereocenters. The number of methoxy groups -OCH3 is 1. The van der Waals surface area contributed by atoms with E-state index in [-0.39, 0.29) is 29.5 Å². The zero-order valence-corrected chi connectivity index (χ0v) is 17.3. The molecule has 0 aromatic rings. The van der Waals surface area contributed by atoms with Crippen LogP contribution in [0.5, 0.6) is 0 Å². The lowest BCUT2D eigenvalue weighted by atomic mass is 9.75. The third kappa shape index (κ3) is 7.00. The third-order valence-corrected chi connectivity index (χ3v) is 4.64. The molecule has 2 atom stereocenters. The summed E-state index contributed by atoms with van der Waals surface area (Å²) in [6.45, 7) is 4.99. The molecule has 0 aromatic carbocycles. The van der Waals surface area contributed by atoms with Crippen LogP contribution in [0, 0.1) is 5.92 Å². The van der Waals surface area contributed by atoms with Crippen LogP contribution in [-0.2, 0) is 4.74 Å². The molecule has 2 N–H and O–H groups in total. The third-order valence-electron chi connectivity index (χ3n) is 4.64. The summed E-state index contributed by atoms with van der Waals surface area (Å²) in [4.78, 5) is 6.71. The van der Waals surface area contributed by atoms with Crippen LogP contribution in [0.25, 0.3) is 0 Å². The molecule has 0 aliphatic heterocycles. The first-order valence-corrected chi connectivity index (χ1v) is 8.15. The van der Waals surface area contributed by atoms with Crippen LogP contribution in [0.4, 0.5) is 0 Å². The van der Waals surface area contributed by atoms with Crippen molar-refractivity contribution in [2.24, 2.45) is 10.9 Å². The van der Waals surface area contributed by atoms with E-state index in [0.717, 1.165) is 38.0 Å². The van der Waals surface area contributed by atoms with Crippen LogP contribution >= 0.6 is 24.0 Å². The highest BCUT2D eigenvalue weighted by Gasteiger charge is 2.36. The van der Waals surface area contributed by atoms with Gasteiger partial charge in [-0.05, 0) is 39.3 Å². The molecule has 0 bridgehead atoms. The monoisotopic (exact) mass is 426 g/mol. The lowest BCUT2D eigenvalue weighted by molar-refractivity contribution is 0.0795. The maximum absolute atomic E-state index is 5.06. The minimum atomic E-state index is 0. The molecule has 1 saturated carbocycles. The maximum atomic E-state index is 5.06. The lowest BCUT2D eigenvalue weighted by Crippen LogP contribution is -2.56. The Balaban J connectivity index is 0.00000441. The first-order valence-electron chi connectivity index (χ1n) is 8.15. The number of halogens is 1. The van der Waals surface area contributed by atoms with Crippen LogP contribution in [0.3, 0.4) is 0 Å². The Kier molecular flexibility index (Phi) is 11.4. The van der Waals surface area contributed by atoms with Crippen molar-refractivity contribution in [2.45, 2.75) is 44.6 Å². The van der Waals surface area contributed by atoms with Crippen LogP contribution in [0.15, 0.2) is 4.99 Å². The lowest BCUT2D eigenvalue weighted by Gasteiger charge is -2.45. The zero-order valence-electron chi connectivity index (χ0n) is 14.9. The van der Waals surface area contributed by atoms with Gasteiger partial charge < -0.3 is 20.3 Å². The van der Waals surface area contributed by atoms with Gasteiger partial charge in [-0.15, -0.1) is 24.0 Å². The predicted octanol–water partition coefficient (Wildman–Crippen LogP) is 2.32. The zero-order chi connectivity index (χ0) is 15.7. The quantitative estimate of drug-likeness (QED) is 0.284. The number of aliphatic imine (C=N–C) groups is 1. The molecule has 0 saturated heterocycles. The molecule has 0 amide bonds. The summed E-state index contributed by atoms with van der Waals surface area (Å²) in [6.07, 6.45) is 6.19. The van der Waals surface area contributed by atoms with Crippen LogP contribution in [0.2, 0.25) is 0 Å². The average Bonchev–Trinajstić information content (AvgIpc) is 2.46. The van der Waals surface area contributed by atoms with E-state index in [4.69, 9.17) is 4.74 Å². The Hall–Kier alpha value is -0.0800. The van der Waals surface area contributed by atoms with E-state index >= 15 is 0 Å². The minimum Gasteiger partial charge on any atom is -0.385 e. The number of guanidine groups is 1. The second kappa shape index (κ2) is 11.5. The van der Waals surface area contributed by atoms with Gasteiger partial charge in [0.2, 0.25) is 0 Å². The molecular formula is C16H35IN4O. The first kappa shape index (κ1) is 21.9. The maximum Gasteiger partial charge on any atom is 0.191 e. The Morgan fingerprint density at radius 1 is 1.36 bits per heavy atom. The van der Waals surface area contributed by atoms with Crippen molar-refractivity contribution >= 4 is 29.9 Å². The average molecular weight is 426 g/mol. The number of rotatable bonds is 7. The smallest absolute Gasteiger partial charge is 0.191 e. The van der Waals surface area contributed by atoms with Gasteiger partial charge in [-0.1, -0.05) is 19.8 Å². The molecule has 0 radical (unpaired) electrons. The Morgan fingerprint density at radius 3 is 2.64 bits per heavy atom. The van der Waals surface area contributed by atoms with Gasteiger partial charge in [-0.2, -0.15) is 0 Å². The number of ether oxygens (including phenoxy) is 1. The summed E-state index contributed by atoms with van der Waals surface area (Å²) in [5, 5.41) is 6.87. The van der Waals surface area contributed by atoms with Crippen LogP contribution in [-0.4, -0.2) is 64.3 Å². The fourth-order valence-electron chi connectivity index (χ4n) is 3.25. The Labute approximate surface area is 153 Å². The molecule has 1 fully saturated rings. The summed E-state index contributed by atoms with van der Waals surface area (Å²) in [5.41, 5.74) is 0.252. The SMILES string of the molecule is CN=C(NCCCOC)NCC1(N(C)C)CCCC(C)C1.I. The van der Waals surface area contributed by atoms with Gasteiger partial charge in [0, 0.05) is 39.4 Å². The van der Waals surface area contributed by atoms with Crippen LogP contribution in [0.1, 0.15) is 39.0 Å². The summed E-state index contributed by atoms with van der Waals surface area (Å²) < 4.78 is 5.06. The topological polar surface area (TPSA) is 48.9 Å². The summed E-state index contributed by atoms with van der Waals surface area (Å²) in [6, 6.07) is 0. The van der Waals surface area contributed by atoms with Gasteiger partial charge in [-0.25, -0.2) is 0 Å². The molecule has 22 heavy (non-hydrogen) atoms. The number of hydrogen-bond acceptors (Lipinski definition) is 3. The van der Waals surface area contributed by atoms with Gasteiger partial charge in [0.15, 0.2) is 5.96 Å². The van der Waals surface area contributed by atoms with E-state index in [1.807, 2.05) is 7.05 Å². The minimum absolute atomic E-state index is 0.